The lowest BCUT2D eigenvalue weighted by atomic mass is 10.1. The molecule has 0 saturated heterocycles. The van der Waals surface area contributed by atoms with Gasteiger partial charge in [0.25, 0.3) is 5.91 Å². The van der Waals surface area contributed by atoms with E-state index in [9.17, 15) is 9.59 Å². The van der Waals surface area contributed by atoms with Crippen molar-refractivity contribution in [2.24, 2.45) is 0 Å². The largest absolute Gasteiger partial charge is 0.361 e. The van der Waals surface area contributed by atoms with Crippen molar-refractivity contribution in [2.45, 2.75) is 13.5 Å². The van der Waals surface area contributed by atoms with Crippen LogP contribution in [0.1, 0.15) is 22.8 Å². The Hall–Kier alpha value is -3.08. The summed E-state index contributed by atoms with van der Waals surface area (Å²) < 4.78 is 0. The summed E-state index contributed by atoms with van der Waals surface area (Å²) in [6.45, 7) is 1.97. The molecule has 0 radical (unpaired) electrons. The van der Waals surface area contributed by atoms with Crippen LogP contribution in [0.15, 0.2) is 54.7 Å². The van der Waals surface area contributed by atoms with E-state index in [1.807, 2.05) is 48.7 Å². The van der Waals surface area contributed by atoms with Crippen LogP contribution in [0.3, 0.4) is 0 Å². The molecule has 0 aliphatic carbocycles. The lowest BCUT2D eigenvalue weighted by molar-refractivity contribution is -0.128. The van der Waals surface area contributed by atoms with E-state index in [0.717, 1.165) is 16.5 Å². The minimum atomic E-state index is -0.170. The van der Waals surface area contributed by atoms with Gasteiger partial charge in [0.05, 0.1) is 0 Å². The first kappa shape index (κ1) is 15.8. The van der Waals surface area contributed by atoms with Crippen LogP contribution >= 0.6 is 0 Å². The lowest BCUT2D eigenvalue weighted by Gasteiger charge is -2.18. The second-order valence-electron chi connectivity index (χ2n) is 5.77. The molecule has 1 aromatic heterocycles. The van der Waals surface area contributed by atoms with Crippen LogP contribution in [-0.2, 0) is 11.3 Å². The van der Waals surface area contributed by atoms with E-state index in [0.29, 0.717) is 17.8 Å². The molecule has 3 rings (SSSR count). The number of amides is 2. The number of aromatic nitrogens is 1. The smallest absolute Gasteiger partial charge is 0.255 e. The quantitative estimate of drug-likeness (QED) is 0.773. The Morgan fingerprint density at radius 2 is 1.92 bits per heavy atom. The van der Waals surface area contributed by atoms with Crippen LogP contribution in [0.4, 0.5) is 5.69 Å². The van der Waals surface area contributed by atoms with Gasteiger partial charge in [-0.05, 0) is 35.9 Å². The van der Waals surface area contributed by atoms with Gasteiger partial charge in [-0.15, -0.1) is 0 Å². The maximum Gasteiger partial charge on any atom is 0.255 e. The number of hydrogen-bond acceptors (Lipinski definition) is 2. The van der Waals surface area contributed by atoms with Gasteiger partial charge in [-0.1, -0.05) is 18.2 Å². The third-order valence-electron chi connectivity index (χ3n) is 4.03. The van der Waals surface area contributed by atoms with Crippen molar-refractivity contribution in [1.82, 2.24) is 9.88 Å². The summed E-state index contributed by atoms with van der Waals surface area (Å²) in [7, 11) is 1.74. The number of anilines is 1. The normalized spacial score (nSPS) is 10.6. The summed E-state index contributed by atoms with van der Waals surface area (Å²) in [4.78, 5) is 28.7. The fourth-order valence-corrected chi connectivity index (χ4v) is 2.54. The molecule has 0 saturated carbocycles. The molecule has 0 unspecified atom stereocenters. The first-order chi connectivity index (χ1) is 11.5. The van der Waals surface area contributed by atoms with Crippen molar-refractivity contribution < 1.29 is 9.59 Å². The molecule has 3 aromatic rings. The van der Waals surface area contributed by atoms with Gasteiger partial charge in [-0.25, -0.2) is 0 Å². The van der Waals surface area contributed by atoms with Gasteiger partial charge < -0.3 is 15.2 Å². The summed E-state index contributed by atoms with van der Waals surface area (Å²) in [5.74, 6) is -0.190. The van der Waals surface area contributed by atoms with Crippen LogP contribution in [0, 0.1) is 0 Å². The molecule has 2 N–H and O–H groups in total. The van der Waals surface area contributed by atoms with E-state index < -0.39 is 0 Å². The molecule has 5 heteroatoms. The molecule has 0 atom stereocenters. The van der Waals surface area contributed by atoms with E-state index in [-0.39, 0.29) is 11.8 Å². The van der Waals surface area contributed by atoms with Crippen LogP contribution in [-0.4, -0.2) is 28.7 Å². The van der Waals surface area contributed by atoms with Gasteiger partial charge in [-0.2, -0.15) is 0 Å². The van der Waals surface area contributed by atoms with Crippen molar-refractivity contribution in [3.63, 3.8) is 0 Å². The highest BCUT2D eigenvalue weighted by atomic mass is 16.2. The number of H-pyrrole nitrogens is 1. The van der Waals surface area contributed by atoms with E-state index in [1.165, 1.54) is 6.92 Å². The minimum Gasteiger partial charge on any atom is -0.361 e. The zero-order valence-corrected chi connectivity index (χ0v) is 13.7. The van der Waals surface area contributed by atoms with Gasteiger partial charge in [0.15, 0.2) is 0 Å². The molecule has 5 nitrogen and oxygen atoms in total. The Bertz CT molecular complexity index is 898. The van der Waals surface area contributed by atoms with Gasteiger partial charge in [-0.3, -0.25) is 9.59 Å². The van der Waals surface area contributed by atoms with Crippen molar-refractivity contribution in [3.05, 3.63) is 65.9 Å². The first-order valence-electron chi connectivity index (χ1n) is 7.72. The Balaban J connectivity index is 1.82. The second-order valence-corrected chi connectivity index (χ2v) is 5.77. The molecule has 122 valence electrons. The maximum atomic E-state index is 12.5. The molecule has 2 amide bonds. The lowest BCUT2D eigenvalue weighted by Crippen LogP contribution is -2.24. The summed E-state index contributed by atoms with van der Waals surface area (Å²) in [5, 5.41) is 3.93. The third kappa shape index (κ3) is 3.30. The summed E-state index contributed by atoms with van der Waals surface area (Å²) in [6, 6.07) is 15.0. The standard InChI is InChI=1S/C19H19N3O2/c1-13(23)22(2)12-16-5-3-4-6-18(16)21-19(24)15-7-8-17-14(11-15)9-10-20-17/h3-11,20H,12H2,1-2H3,(H,21,24). The van der Waals surface area contributed by atoms with Gasteiger partial charge in [0.2, 0.25) is 5.91 Å². The van der Waals surface area contributed by atoms with Crippen LogP contribution in [0.5, 0.6) is 0 Å². The zero-order chi connectivity index (χ0) is 17.1. The number of aromatic amines is 1. The fraction of sp³-hybridized carbons (Fsp3) is 0.158. The molecule has 0 aliphatic rings. The Labute approximate surface area is 140 Å². The second kappa shape index (κ2) is 6.58. The average molecular weight is 321 g/mol. The van der Waals surface area contributed by atoms with Crippen molar-refractivity contribution in [3.8, 4) is 0 Å². The van der Waals surface area contributed by atoms with Crippen molar-refractivity contribution in [1.29, 1.82) is 0 Å². The first-order valence-corrected chi connectivity index (χ1v) is 7.72. The highest BCUT2D eigenvalue weighted by Gasteiger charge is 2.12. The predicted octanol–water partition coefficient (Wildman–Crippen LogP) is 3.40. The minimum absolute atomic E-state index is 0.0194. The Kier molecular flexibility index (Phi) is 4.33. The van der Waals surface area contributed by atoms with Gasteiger partial charge in [0.1, 0.15) is 0 Å². The highest BCUT2D eigenvalue weighted by Crippen LogP contribution is 2.19. The maximum absolute atomic E-state index is 12.5. The van der Waals surface area contributed by atoms with Crippen molar-refractivity contribution >= 4 is 28.4 Å². The zero-order valence-electron chi connectivity index (χ0n) is 13.7. The topological polar surface area (TPSA) is 65.2 Å². The molecular weight excluding hydrogens is 302 g/mol. The molecule has 1 heterocycles. The molecule has 0 fully saturated rings. The van der Waals surface area contributed by atoms with Crippen LogP contribution in [0.2, 0.25) is 0 Å². The Morgan fingerprint density at radius 1 is 1.12 bits per heavy atom. The van der Waals surface area contributed by atoms with Gasteiger partial charge >= 0.3 is 0 Å². The number of nitrogens with one attached hydrogen (secondary N) is 2. The Morgan fingerprint density at radius 3 is 2.71 bits per heavy atom. The fourth-order valence-electron chi connectivity index (χ4n) is 2.54. The number of carbonyl (C=O) groups excluding carboxylic acids is 2. The number of carbonyl (C=O) groups is 2. The summed E-state index contributed by atoms with van der Waals surface area (Å²) in [5.41, 5.74) is 3.20. The molecule has 0 aliphatic heterocycles. The van der Waals surface area contributed by atoms with E-state index in [2.05, 4.69) is 10.3 Å². The van der Waals surface area contributed by atoms with Crippen LogP contribution in [0.25, 0.3) is 10.9 Å². The SMILES string of the molecule is CC(=O)N(C)Cc1ccccc1NC(=O)c1ccc2[nH]ccc2c1. The number of para-hydroxylation sites is 1. The predicted molar refractivity (Wildman–Crippen MR) is 94.8 cm³/mol. The van der Waals surface area contributed by atoms with E-state index in [4.69, 9.17) is 0 Å². The van der Waals surface area contributed by atoms with Gasteiger partial charge in [0, 0.05) is 48.9 Å². The average Bonchev–Trinajstić information content (AvgIpc) is 3.04. The van der Waals surface area contributed by atoms with E-state index in [1.54, 1.807) is 18.0 Å². The number of fused-ring (bicyclic) bond motifs is 1. The molecule has 0 bridgehead atoms. The number of benzene rings is 2. The third-order valence-corrected chi connectivity index (χ3v) is 4.03. The molecule has 24 heavy (non-hydrogen) atoms. The molecule has 2 aromatic carbocycles. The van der Waals surface area contributed by atoms with Crippen LogP contribution < -0.4 is 5.32 Å². The van der Waals surface area contributed by atoms with Crippen molar-refractivity contribution in [2.75, 3.05) is 12.4 Å². The number of nitrogens with zero attached hydrogens (tertiary/aromatic N) is 1. The number of rotatable bonds is 4. The monoisotopic (exact) mass is 321 g/mol. The van der Waals surface area contributed by atoms with E-state index >= 15 is 0 Å². The molecule has 0 spiro atoms. The summed E-state index contributed by atoms with van der Waals surface area (Å²) in [6.07, 6.45) is 1.85. The highest BCUT2D eigenvalue weighted by molar-refractivity contribution is 6.06. The summed E-state index contributed by atoms with van der Waals surface area (Å²) >= 11 is 0. The number of hydrogen-bond donors (Lipinski definition) is 2. The molecular formula is C19H19N3O2.